The lowest BCUT2D eigenvalue weighted by Gasteiger charge is -2.35. The van der Waals surface area contributed by atoms with Crippen molar-refractivity contribution in [2.24, 2.45) is 0 Å². The first-order chi connectivity index (χ1) is 7.36. The van der Waals surface area contributed by atoms with Gasteiger partial charge in [-0.15, -0.1) is 0 Å². The maximum Gasteiger partial charge on any atom is 0.0342 e. The summed E-state index contributed by atoms with van der Waals surface area (Å²) in [6.07, 6.45) is 2.46. The molecule has 0 atom stereocenters. The molecule has 2 rings (SSSR count). The molecule has 2 nitrogen and oxygen atoms in total. The summed E-state index contributed by atoms with van der Waals surface area (Å²) >= 11 is 0. The van der Waals surface area contributed by atoms with E-state index in [1.807, 2.05) is 0 Å². The van der Waals surface area contributed by atoms with Crippen molar-refractivity contribution in [3.63, 3.8) is 0 Å². The van der Waals surface area contributed by atoms with Gasteiger partial charge in [0.1, 0.15) is 0 Å². The summed E-state index contributed by atoms with van der Waals surface area (Å²) in [4.78, 5) is 2.47. The van der Waals surface area contributed by atoms with Gasteiger partial charge in [0.25, 0.3) is 0 Å². The van der Waals surface area contributed by atoms with Gasteiger partial charge in [0.2, 0.25) is 0 Å². The highest BCUT2D eigenvalue weighted by molar-refractivity contribution is 5.14. The Balaban J connectivity index is 1.66. The van der Waals surface area contributed by atoms with Crippen LogP contribution in [0.3, 0.4) is 0 Å². The largest absolute Gasteiger partial charge is 0.314 e. The molecule has 82 valence electrons. The third kappa shape index (κ3) is 3.05. The van der Waals surface area contributed by atoms with Gasteiger partial charge in [-0.25, -0.2) is 0 Å². The van der Waals surface area contributed by atoms with E-state index in [0.717, 1.165) is 6.04 Å². The average Bonchev–Trinajstić information content (AvgIpc) is 2.16. The molecule has 0 aliphatic carbocycles. The quantitative estimate of drug-likeness (QED) is 0.782. The predicted octanol–water partition coefficient (Wildman–Crippen LogP) is 1.52. The zero-order valence-corrected chi connectivity index (χ0v) is 9.45. The fraction of sp³-hybridized carbons (Fsp3) is 0.538. The molecule has 1 heterocycles. The van der Waals surface area contributed by atoms with E-state index in [2.05, 4.69) is 47.6 Å². The summed E-state index contributed by atoms with van der Waals surface area (Å²) < 4.78 is 0. The van der Waals surface area contributed by atoms with Crippen molar-refractivity contribution >= 4 is 0 Å². The molecule has 1 fully saturated rings. The number of aryl methyl sites for hydroxylation is 1. The zero-order valence-electron chi connectivity index (χ0n) is 9.45. The summed E-state index contributed by atoms with van der Waals surface area (Å²) in [5.74, 6) is 0. The first-order valence-electron chi connectivity index (χ1n) is 5.81. The third-order valence-electron chi connectivity index (χ3n) is 3.20. The normalized spacial score (nSPS) is 16.7. The summed E-state index contributed by atoms with van der Waals surface area (Å²) in [6.45, 7) is 3.55. The van der Waals surface area contributed by atoms with Gasteiger partial charge in [-0.3, -0.25) is 0 Å². The van der Waals surface area contributed by atoms with Crippen molar-refractivity contribution in [1.29, 1.82) is 0 Å². The van der Waals surface area contributed by atoms with Crippen molar-refractivity contribution in [3.05, 3.63) is 35.9 Å². The van der Waals surface area contributed by atoms with Gasteiger partial charge < -0.3 is 10.2 Å². The van der Waals surface area contributed by atoms with Crippen molar-refractivity contribution in [1.82, 2.24) is 10.2 Å². The van der Waals surface area contributed by atoms with Crippen molar-refractivity contribution in [2.45, 2.75) is 18.9 Å². The molecule has 0 saturated carbocycles. The summed E-state index contributed by atoms with van der Waals surface area (Å²) in [5, 5.41) is 3.31. The second-order valence-corrected chi connectivity index (χ2v) is 4.38. The van der Waals surface area contributed by atoms with E-state index >= 15 is 0 Å². The standard InChI is InChI=1S/C13H20N2/c1-15(13-10-14-11-13)9-5-8-12-6-3-2-4-7-12/h2-4,6-7,13-14H,5,8-11H2,1H3. The highest BCUT2D eigenvalue weighted by Gasteiger charge is 2.20. The minimum absolute atomic E-state index is 0.778. The van der Waals surface area contributed by atoms with Crippen LogP contribution in [-0.4, -0.2) is 37.6 Å². The summed E-state index contributed by atoms with van der Waals surface area (Å²) in [6, 6.07) is 11.5. The smallest absolute Gasteiger partial charge is 0.0342 e. The molecule has 15 heavy (non-hydrogen) atoms. The third-order valence-corrected chi connectivity index (χ3v) is 3.20. The summed E-state index contributed by atoms with van der Waals surface area (Å²) in [7, 11) is 2.23. The molecule has 1 N–H and O–H groups in total. The molecule has 2 heteroatoms. The van der Waals surface area contributed by atoms with Crippen molar-refractivity contribution in [3.8, 4) is 0 Å². The number of nitrogens with zero attached hydrogens (tertiary/aromatic N) is 1. The van der Waals surface area contributed by atoms with Crippen LogP contribution >= 0.6 is 0 Å². The van der Waals surface area contributed by atoms with E-state index in [1.54, 1.807) is 0 Å². The van der Waals surface area contributed by atoms with Gasteiger partial charge in [0, 0.05) is 19.1 Å². The Morgan fingerprint density at radius 2 is 2.00 bits per heavy atom. The Labute approximate surface area is 92.3 Å². The molecule has 0 aromatic heterocycles. The monoisotopic (exact) mass is 204 g/mol. The van der Waals surface area contributed by atoms with Crippen LogP contribution in [0.15, 0.2) is 30.3 Å². The van der Waals surface area contributed by atoms with Crippen LogP contribution in [0.1, 0.15) is 12.0 Å². The van der Waals surface area contributed by atoms with Gasteiger partial charge in [0.15, 0.2) is 0 Å². The van der Waals surface area contributed by atoms with Gasteiger partial charge in [-0.05, 0) is 32.0 Å². The Hall–Kier alpha value is -0.860. The maximum absolute atomic E-state index is 3.31. The number of hydrogen-bond acceptors (Lipinski definition) is 2. The van der Waals surface area contributed by atoms with Crippen LogP contribution in [0, 0.1) is 0 Å². The van der Waals surface area contributed by atoms with Crippen LogP contribution in [-0.2, 0) is 6.42 Å². The molecule has 1 saturated heterocycles. The van der Waals surface area contributed by atoms with Crippen LogP contribution in [0.25, 0.3) is 0 Å². The molecule has 0 bridgehead atoms. The number of benzene rings is 1. The van der Waals surface area contributed by atoms with Crippen LogP contribution in [0.4, 0.5) is 0 Å². The summed E-state index contributed by atoms with van der Waals surface area (Å²) in [5.41, 5.74) is 1.46. The van der Waals surface area contributed by atoms with E-state index in [0.29, 0.717) is 0 Å². The highest BCUT2D eigenvalue weighted by Crippen LogP contribution is 2.06. The van der Waals surface area contributed by atoms with E-state index in [4.69, 9.17) is 0 Å². The molecule has 0 amide bonds. The Morgan fingerprint density at radius 1 is 1.27 bits per heavy atom. The van der Waals surface area contributed by atoms with Gasteiger partial charge in [-0.1, -0.05) is 30.3 Å². The fourth-order valence-corrected chi connectivity index (χ4v) is 1.94. The minimum Gasteiger partial charge on any atom is -0.314 e. The van der Waals surface area contributed by atoms with Gasteiger partial charge in [-0.2, -0.15) is 0 Å². The van der Waals surface area contributed by atoms with Crippen LogP contribution < -0.4 is 5.32 Å². The average molecular weight is 204 g/mol. The predicted molar refractivity (Wildman–Crippen MR) is 64.1 cm³/mol. The van der Waals surface area contributed by atoms with E-state index < -0.39 is 0 Å². The first-order valence-corrected chi connectivity index (χ1v) is 5.81. The van der Waals surface area contributed by atoms with Crippen molar-refractivity contribution in [2.75, 3.05) is 26.7 Å². The number of likely N-dealkylation sites (N-methyl/N-ethyl adjacent to an activating group) is 1. The zero-order chi connectivity index (χ0) is 10.5. The Morgan fingerprint density at radius 3 is 2.60 bits per heavy atom. The molecule has 1 aromatic carbocycles. The lowest BCUT2D eigenvalue weighted by Crippen LogP contribution is -2.56. The minimum atomic E-state index is 0.778. The topological polar surface area (TPSA) is 15.3 Å². The highest BCUT2D eigenvalue weighted by atomic mass is 15.2. The van der Waals surface area contributed by atoms with Crippen LogP contribution in [0.2, 0.25) is 0 Å². The van der Waals surface area contributed by atoms with Crippen LogP contribution in [0.5, 0.6) is 0 Å². The Kier molecular flexibility index (Phi) is 3.75. The molecule has 1 aliphatic heterocycles. The Bertz CT molecular complexity index is 280. The molecular formula is C13H20N2. The molecule has 0 spiro atoms. The fourth-order valence-electron chi connectivity index (χ4n) is 1.94. The number of rotatable bonds is 5. The number of nitrogens with one attached hydrogen (secondary N) is 1. The van der Waals surface area contributed by atoms with Crippen molar-refractivity contribution < 1.29 is 0 Å². The first kappa shape index (κ1) is 10.7. The van der Waals surface area contributed by atoms with E-state index in [1.165, 1.54) is 38.0 Å². The molecule has 1 aliphatic rings. The second kappa shape index (κ2) is 5.29. The molecule has 1 aromatic rings. The molecular weight excluding hydrogens is 184 g/mol. The maximum atomic E-state index is 3.31. The molecule has 0 unspecified atom stereocenters. The lowest BCUT2D eigenvalue weighted by molar-refractivity contribution is 0.179. The van der Waals surface area contributed by atoms with E-state index in [-0.39, 0.29) is 0 Å². The SMILES string of the molecule is CN(CCCc1ccccc1)C1CNC1. The van der Waals surface area contributed by atoms with E-state index in [9.17, 15) is 0 Å². The van der Waals surface area contributed by atoms with Gasteiger partial charge >= 0.3 is 0 Å². The van der Waals surface area contributed by atoms with Gasteiger partial charge in [0.05, 0.1) is 0 Å². The number of hydrogen-bond donors (Lipinski definition) is 1. The second-order valence-electron chi connectivity index (χ2n) is 4.38. The lowest BCUT2D eigenvalue weighted by atomic mass is 10.1. The molecule has 0 radical (unpaired) electrons.